The number of para-hydroxylation sites is 3. The van der Waals surface area contributed by atoms with Gasteiger partial charge < -0.3 is 9.32 Å². The molecule has 59 heavy (non-hydrogen) atoms. The fourth-order valence-electron chi connectivity index (χ4n) is 9.23. The van der Waals surface area contributed by atoms with Gasteiger partial charge in [0.1, 0.15) is 5.58 Å². The van der Waals surface area contributed by atoms with Gasteiger partial charge in [-0.05, 0) is 97.6 Å². The van der Waals surface area contributed by atoms with E-state index in [4.69, 9.17) is 4.42 Å². The molecule has 0 radical (unpaired) electrons. The lowest BCUT2D eigenvalue weighted by Gasteiger charge is -2.29. The maximum Gasteiger partial charge on any atom is 0.159 e. The van der Waals surface area contributed by atoms with E-state index >= 15 is 0 Å². The van der Waals surface area contributed by atoms with Gasteiger partial charge in [-0.2, -0.15) is 0 Å². The van der Waals surface area contributed by atoms with Gasteiger partial charge in [-0.25, -0.2) is 0 Å². The average Bonchev–Trinajstić information content (AvgIpc) is 3.79. The molecular formula is C57H41NO. The summed E-state index contributed by atoms with van der Waals surface area (Å²) in [5.41, 5.74) is 19.6. The summed E-state index contributed by atoms with van der Waals surface area (Å²) in [5.74, 6) is 0. The first-order valence-corrected chi connectivity index (χ1v) is 20.4. The normalized spacial score (nSPS) is 12.7. The minimum atomic E-state index is -0.229. The van der Waals surface area contributed by atoms with Gasteiger partial charge in [0.15, 0.2) is 5.58 Å². The highest BCUT2D eigenvalue weighted by atomic mass is 16.3. The number of furan rings is 1. The fraction of sp³-hybridized carbons (Fsp3) is 0.0526. The number of benzene rings is 9. The Balaban J connectivity index is 0.981. The number of anilines is 3. The van der Waals surface area contributed by atoms with E-state index in [0.29, 0.717) is 0 Å². The standard InChI is InChI=1S/C57H41NO/c1-57(2)51-36-44(42-30-28-41(29-31-42)40-26-24-39(25-27-40)38-14-5-3-6-15-38)32-34-47(51)48-35-33-45(37-52(48)57)58(53-21-11-9-18-46(53)43-16-7-4-8-17-43)54-22-13-20-50-49-19-10-12-23-55(49)59-56(50)54/h3-37H,1-2H3. The van der Waals surface area contributed by atoms with Crippen molar-refractivity contribution < 1.29 is 4.42 Å². The molecule has 0 spiro atoms. The molecule has 2 heteroatoms. The third-order valence-electron chi connectivity index (χ3n) is 12.3. The molecule has 9 aromatic carbocycles. The summed E-state index contributed by atoms with van der Waals surface area (Å²) >= 11 is 0. The molecule has 1 heterocycles. The molecule has 0 saturated heterocycles. The van der Waals surface area contributed by atoms with Gasteiger partial charge in [0.25, 0.3) is 0 Å². The van der Waals surface area contributed by atoms with Gasteiger partial charge in [0, 0.05) is 27.4 Å². The van der Waals surface area contributed by atoms with E-state index in [1.54, 1.807) is 0 Å². The van der Waals surface area contributed by atoms with Crippen LogP contribution in [0.1, 0.15) is 25.0 Å². The van der Waals surface area contributed by atoms with Crippen LogP contribution in [-0.4, -0.2) is 0 Å². The number of hydrogen-bond donors (Lipinski definition) is 0. The van der Waals surface area contributed by atoms with Crippen molar-refractivity contribution in [2.45, 2.75) is 19.3 Å². The zero-order chi connectivity index (χ0) is 39.5. The van der Waals surface area contributed by atoms with Crippen LogP contribution in [0.3, 0.4) is 0 Å². The summed E-state index contributed by atoms with van der Waals surface area (Å²) in [6, 6.07) is 76.7. The second-order valence-electron chi connectivity index (χ2n) is 16.1. The molecule has 11 rings (SSSR count). The molecule has 1 aromatic heterocycles. The van der Waals surface area contributed by atoms with Crippen molar-refractivity contribution in [1.82, 2.24) is 0 Å². The van der Waals surface area contributed by atoms with Crippen LogP contribution in [0.4, 0.5) is 17.1 Å². The van der Waals surface area contributed by atoms with Crippen molar-refractivity contribution in [3.63, 3.8) is 0 Å². The predicted octanol–water partition coefficient (Wildman–Crippen LogP) is 16.0. The lowest BCUT2D eigenvalue weighted by atomic mass is 9.81. The van der Waals surface area contributed by atoms with Crippen LogP contribution < -0.4 is 4.90 Å². The van der Waals surface area contributed by atoms with Gasteiger partial charge in [0.2, 0.25) is 0 Å². The van der Waals surface area contributed by atoms with E-state index in [0.717, 1.165) is 44.6 Å². The zero-order valence-corrected chi connectivity index (χ0v) is 33.1. The Bertz CT molecular complexity index is 3160. The topological polar surface area (TPSA) is 16.4 Å². The molecule has 0 bridgehead atoms. The molecule has 2 nitrogen and oxygen atoms in total. The van der Waals surface area contributed by atoms with Gasteiger partial charge >= 0.3 is 0 Å². The molecule has 0 saturated carbocycles. The molecular weight excluding hydrogens is 715 g/mol. The Morgan fingerprint density at radius 3 is 1.54 bits per heavy atom. The summed E-state index contributed by atoms with van der Waals surface area (Å²) in [5, 5.41) is 2.23. The molecule has 1 aliphatic rings. The van der Waals surface area contributed by atoms with Gasteiger partial charge in [-0.3, -0.25) is 0 Å². The summed E-state index contributed by atoms with van der Waals surface area (Å²) in [4.78, 5) is 2.40. The molecule has 280 valence electrons. The highest BCUT2D eigenvalue weighted by Crippen LogP contribution is 2.53. The highest BCUT2D eigenvalue weighted by molar-refractivity contribution is 6.11. The van der Waals surface area contributed by atoms with Crippen LogP contribution in [-0.2, 0) is 5.41 Å². The molecule has 10 aromatic rings. The van der Waals surface area contributed by atoms with Crippen molar-refractivity contribution in [3.8, 4) is 55.6 Å². The van der Waals surface area contributed by atoms with Crippen molar-refractivity contribution in [2.75, 3.05) is 4.90 Å². The lowest BCUT2D eigenvalue weighted by molar-refractivity contribution is 0.660. The van der Waals surface area contributed by atoms with Crippen molar-refractivity contribution in [1.29, 1.82) is 0 Å². The molecule has 1 aliphatic carbocycles. The zero-order valence-electron chi connectivity index (χ0n) is 33.1. The molecule has 0 N–H and O–H groups in total. The third-order valence-corrected chi connectivity index (χ3v) is 12.3. The Morgan fingerprint density at radius 1 is 0.356 bits per heavy atom. The quantitative estimate of drug-likeness (QED) is 0.161. The smallest absolute Gasteiger partial charge is 0.159 e. The van der Waals surface area contributed by atoms with E-state index in [9.17, 15) is 0 Å². The van der Waals surface area contributed by atoms with E-state index in [1.807, 2.05) is 6.07 Å². The Labute approximate surface area is 345 Å². The number of fused-ring (bicyclic) bond motifs is 6. The van der Waals surface area contributed by atoms with Crippen LogP contribution in [0.2, 0.25) is 0 Å². The summed E-state index contributed by atoms with van der Waals surface area (Å²) in [6.07, 6.45) is 0. The summed E-state index contributed by atoms with van der Waals surface area (Å²) in [7, 11) is 0. The molecule has 0 unspecified atom stereocenters. The molecule has 0 aliphatic heterocycles. The van der Waals surface area contributed by atoms with E-state index in [-0.39, 0.29) is 5.41 Å². The summed E-state index contributed by atoms with van der Waals surface area (Å²) in [6.45, 7) is 4.74. The van der Waals surface area contributed by atoms with E-state index in [1.165, 1.54) is 61.2 Å². The van der Waals surface area contributed by atoms with Crippen molar-refractivity contribution in [3.05, 3.63) is 223 Å². The van der Waals surface area contributed by atoms with Crippen LogP contribution in [0, 0.1) is 0 Å². The minimum Gasteiger partial charge on any atom is -0.454 e. The number of hydrogen-bond acceptors (Lipinski definition) is 2. The van der Waals surface area contributed by atoms with Crippen LogP contribution in [0.25, 0.3) is 77.6 Å². The van der Waals surface area contributed by atoms with E-state index < -0.39 is 0 Å². The van der Waals surface area contributed by atoms with Crippen LogP contribution in [0.15, 0.2) is 217 Å². The predicted molar refractivity (Wildman–Crippen MR) is 248 cm³/mol. The van der Waals surface area contributed by atoms with Gasteiger partial charge in [-0.1, -0.05) is 190 Å². The first-order chi connectivity index (χ1) is 29.0. The number of nitrogens with zero attached hydrogens (tertiary/aromatic N) is 1. The van der Waals surface area contributed by atoms with Crippen LogP contribution in [0.5, 0.6) is 0 Å². The highest BCUT2D eigenvalue weighted by Gasteiger charge is 2.36. The third kappa shape index (κ3) is 5.87. The Kier molecular flexibility index (Phi) is 8.20. The first-order valence-electron chi connectivity index (χ1n) is 20.4. The Morgan fingerprint density at radius 2 is 0.847 bits per heavy atom. The van der Waals surface area contributed by atoms with Crippen molar-refractivity contribution >= 4 is 39.0 Å². The second-order valence-corrected chi connectivity index (χ2v) is 16.1. The number of rotatable bonds is 7. The molecule has 0 fully saturated rings. The monoisotopic (exact) mass is 755 g/mol. The van der Waals surface area contributed by atoms with Gasteiger partial charge in [0.05, 0.1) is 11.4 Å². The maximum absolute atomic E-state index is 6.70. The summed E-state index contributed by atoms with van der Waals surface area (Å²) < 4.78 is 6.70. The Hall–Kier alpha value is -7.42. The van der Waals surface area contributed by atoms with Gasteiger partial charge in [-0.15, -0.1) is 0 Å². The minimum absolute atomic E-state index is 0.229. The van der Waals surface area contributed by atoms with E-state index in [2.05, 4.69) is 225 Å². The van der Waals surface area contributed by atoms with Crippen LogP contribution >= 0.6 is 0 Å². The fourth-order valence-corrected chi connectivity index (χ4v) is 9.23. The second kappa shape index (κ2) is 13.9. The first kappa shape index (κ1) is 34.8. The lowest BCUT2D eigenvalue weighted by Crippen LogP contribution is -2.17. The van der Waals surface area contributed by atoms with Crippen molar-refractivity contribution in [2.24, 2.45) is 0 Å². The maximum atomic E-state index is 6.70. The average molecular weight is 756 g/mol. The molecule has 0 atom stereocenters. The largest absolute Gasteiger partial charge is 0.454 e. The molecule has 0 amide bonds. The SMILES string of the molecule is CC1(C)c2cc(-c3ccc(-c4ccc(-c5ccccc5)cc4)cc3)ccc2-c2ccc(N(c3ccccc3-c3ccccc3)c3cccc4c3oc3ccccc34)cc21.